The molecule has 0 saturated carbocycles. The van der Waals surface area contributed by atoms with Gasteiger partial charge in [0.05, 0.1) is 10.6 Å². The molecule has 114 valence electrons. The lowest BCUT2D eigenvalue weighted by Gasteiger charge is -2.09. The molecule has 1 amide bonds. The van der Waals surface area contributed by atoms with Crippen LogP contribution in [0.4, 0.5) is 15.8 Å². The van der Waals surface area contributed by atoms with Gasteiger partial charge >= 0.3 is 0 Å². The zero-order valence-electron chi connectivity index (χ0n) is 11.1. The number of carbonyl (C=O) groups excluding carboxylic acids is 1. The number of nitrogens with one attached hydrogen (secondary N) is 1. The van der Waals surface area contributed by atoms with Gasteiger partial charge in [-0.1, -0.05) is 0 Å². The Labute approximate surface area is 133 Å². The number of rotatable bonds is 5. The van der Waals surface area contributed by atoms with E-state index in [2.05, 4.69) is 21.2 Å². The van der Waals surface area contributed by atoms with Crippen molar-refractivity contribution in [3.05, 3.63) is 62.9 Å². The van der Waals surface area contributed by atoms with Crippen LogP contribution < -0.4 is 10.1 Å². The van der Waals surface area contributed by atoms with Crippen molar-refractivity contribution in [2.24, 2.45) is 0 Å². The molecule has 0 atom stereocenters. The summed E-state index contributed by atoms with van der Waals surface area (Å²) in [6.07, 6.45) is 0. The normalized spacial score (nSPS) is 10.1. The summed E-state index contributed by atoms with van der Waals surface area (Å²) in [4.78, 5) is 21.7. The maximum atomic E-state index is 12.9. The predicted octanol–water partition coefficient (Wildman–Crippen LogP) is 3.51. The average molecular weight is 369 g/mol. The van der Waals surface area contributed by atoms with Crippen molar-refractivity contribution in [2.45, 2.75) is 0 Å². The van der Waals surface area contributed by atoms with Gasteiger partial charge in [-0.15, -0.1) is 0 Å². The summed E-state index contributed by atoms with van der Waals surface area (Å²) in [7, 11) is 0. The van der Waals surface area contributed by atoms with E-state index in [1.807, 2.05) is 0 Å². The number of ether oxygens (including phenoxy) is 1. The minimum atomic E-state index is -0.525. The molecule has 2 aromatic rings. The highest BCUT2D eigenvalue weighted by Gasteiger charge is 2.09. The standard InChI is InChI=1S/C14H10BrFN2O4/c15-12-7-9(16)1-6-13(12)17-14(19)8-22-11-4-2-10(3-5-11)18(20)21/h1-7H,8H2,(H,17,19). The number of nitro groups is 1. The highest BCUT2D eigenvalue weighted by molar-refractivity contribution is 9.10. The Morgan fingerprint density at radius 2 is 1.95 bits per heavy atom. The van der Waals surface area contributed by atoms with Crippen LogP contribution in [-0.2, 0) is 4.79 Å². The number of hydrogen-bond donors (Lipinski definition) is 1. The molecular weight excluding hydrogens is 359 g/mol. The minimum absolute atomic E-state index is 0.0629. The summed E-state index contributed by atoms with van der Waals surface area (Å²) >= 11 is 3.13. The van der Waals surface area contributed by atoms with Crippen LogP contribution in [0.1, 0.15) is 0 Å². The van der Waals surface area contributed by atoms with Gasteiger partial charge in [0.25, 0.3) is 11.6 Å². The first kappa shape index (κ1) is 15.9. The number of nitrogens with zero attached hydrogens (tertiary/aromatic N) is 1. The number of carbonyl (C=O) groups is 1. The van der Waals surface area contributed by atoms with Crippen LogP contribution in [0.25, 0.3) is 0 Å². The van der Waals surface area contributed by atoms with Gasteiger partial charge in [-0.05, 0) is 46.3 Å². The van der Waals surface area contributed by atoms with Crippen LogP contribution in [0.15, 0.2) is 46.9 Å². The molecule has 0 aromatic heterocycles. The van der Waals surface area contributed by atoms with Crippen molar-refractivity contribution >= 4 is 33.2 Å². The van der Waals surface area contributed by atoms with E-state index >= 15 is 0 Å². The predicted molar refractivity (Wildman–Crippen MR) is 81.3 cm³/mol. The van der Waals surface area contributed by atoms with Crippen molar-refractivity contribution < 1.29 is 18.8 Å². The largest absolute Gasteiger partial charge is 0.484 e. The SMILES string of the molecule is O=C(COc1ccc([N+](=O)[O-])cc1)Nc1ccc(F)cc1Br. The second kappa shape index (κ2) is 6.99. The van der Waals surface area contributed by atoms with Gasteiger partial charge in [-0.3, -0.25) is 14.9 Å². The topological polar surface area (TPSA) is 81.5 Å². The van der Waals surface area contributed by atoms with E-state index in [1.165, 1.54) is 42.5 Å². The Hall–Kier alpha value is -2.48. The maximum Gasteiger partial charge on any atom is 0.269 e. The van der Waals surface area contributed by atoms with E-state index in [0.717, 1.165) is 0 Å². The molecule has 22 heavy (non-hydrogen) atoms. The van der Waals surface area contributed by atoms with E-state index in [1.54, 1.807) is 0 Å². The molecule has 0 radical (unpaired) electrons. The van der Waals surface area contributed by atoms with Gasteiger partial charge in [0.2, 0.25) is 0 Å². The van der Waals surface area contributed by atoms with Crippen LogP contribution >= 0.6 is 15.9 Å². The maximum absolute atomic E-state index is 12.9. The second-order valence-corrected chi connectivity index (χ2v) is 5.07. The van der Waals surface area contributed by atoms with Gasteiger partial charge < -0.3 is 10.1 Å². The van der Waals surface area contributed by atoms with Gasteiger partial charge in [0, 0.05) is 16.6 Å². The summed E-state index contributed by atoms with van der Waals surface area (Å²) in [6.45, 7) is -0.276. The number of halogens is 2. The van der Waals surface area contributed by atoms with E-state index < -0.39 is 16.6 Å². The third-order valence-corrected chi connectivity index (χ3v) is 3.28. The van der Waals surface area contributed by atoms with Gasteiger partial charge in [0.15, 0.2) is 6.61 Å². The first-order chi connectivity index (χ1) is 10.5. The molecule has 0 aliphatic carbocycles. The molecule has 1 N–H and O–H groups in total. The summed E-state index contributed by atoms with van der Waals surface area (Å²) < 4.78 is 18.6. The second-order valence-electron chi connectivity index (χ2n) is 4.21. The fourth-order valence-corrected chi connectivity index (χ4v) is 2.04. The fourth-order valence-electron chi connectivity index (χ4n) is 1.59. The Balaban J connectivity index is 1.91. The molecule has 0 spiro atoms. The van der Waals surface area contributed by atoms with E-state index in [0.29, 0.717) is 15.9 Å². The third-order valence-electron chi connectivity index (χ3n) is 2.62. The highest BCUT2D eigenvalue weighted by Crippen LogP contribution is 2.23. The third kappa shape index (κ3) is 4.26. The van der Waals surface area contributed by atoms with E-state index in [4.69, 9.17) is 4.74 Å². The molecule has 8 heteroatoms. The Bertz CT molecular complexity index is 706. The average Bonchev–Trinajstić information content (AvgIpc) is 2.48. The van der Waals surface area contributed by atoms with Crippen LogP contribution in [0, 0.1) is 15.9 Å². The molecule has 0 heterocycles. The summed E-state index contributed by atoms with van der Waals surface area (Å²) in [6, 6.07) is 9.24. The van der Waals surface area contributed by atoms with Crippen molar-refractivity contribution in [2.75, 3.05) is 11.9 Å². The Morgan fingerprint density at radius 3 is 2.55 bits per heavy atom. The zero-order chi connectivity index (χ0) is 16.1. The summed E-state index contributed by atoms with van der Waals surface area (Å²) in [5, 5.41) is 13.1. The smallest absolute Gasteiger partial charge is 0.269 e. The van der Waals surface area contributed by atoms with Crippen LogP contribution in [0.2, 0.25) is 0 Å². The lowest BCUT2D eigenvalue weighted by atomic mass is 10.3. The first-order valence-electron chi connectivity index (χ1n) is 6.08. The van der Waals surface area contributed by atoms with Gasteiger partial charge in [-0.2, -0.15) is 0 Å². The highest BCUT2D eigenvalue weighted by atomic mass is 79.9. The monoisotopic (exact) mass is 368 g/mol. The molecule has 0 fully saturated rings. The quantitative estimate of drug-likeness (QED) is 0.646. The molecule has 0 aliphatic heterocycles. The number of amides is 1. The summed E-state index contributed by atoms with van der Waals surface area (Å²) in [5.41, 5.74) is 0.353. The zero-order valence-corrected chi connectivity index (χ0v) is 12.7. The molecule has 0 unspecified atom stereocenters. The Morgan fingerprint density at radius 1 is 1.27 bits per heavy atom. The number of benzene rings is 2. The van der Waals surface area contributed by atoms with Crippen molar-refractivity contribution in [3.63, 3.8) is 0 Å². The van der Waals surface area contributed by atoms with Crippen molar-refractivity contribution in [1.29, 1.82) is 0 Å². The van der Waals surface area contributed by atoms with Crippen LogP contribution in [-0.4, -0.2) is 17.4 Å². The van der Waals surface area contributed by atoms with Crippen LogP contribution in [0.5, 0.6) is 5.75 Å². The van der Waals surface area contributed by atoms with Gasteiger partial charge in [-0.25, -0.2) is 4.39 Å². The number of non-ortho nitro benzene ring substituents is 1. The number of hydrogen-bond acceptors (Lipinski definition) is 4. The van der Waals surface area contributed by atoms with Crippen molar-refractivity contribution in [1.82, 2.24) is 0 Å². The molecular formula is C14H10BrFN2O4. The molecule has 0 aliphatic rings. The molecule has 2 rings (SSSR count). The van der Waals surface area contributed by atoms with E-state index in [9.17, 15) is 19.3 Å². The van der Waals surface area contributed by atoms with E-state index in [-0.39, 0.29) is 12.3 Å². The molecule has 2 aromatic carbocycles. The Kier molecular flexibility index (Phi) is 5.05. The number of anilines is 1. The van der Waals surface area contributed by atoms with Crippen LogP contribution in [0.3, 0.4) is 0 Å². The van der Waals surface area contributed by atoms with Gasteiger partial charge in [0.1, 0.15) is 11.6 Å². The summed E-state index contributed by atoms with van der Waals surface area (Å²) in [5.74, 6) is -0.531. The lowest BCUT2D eigenvalue weighted by molar-refractivity contribution is -0.384. The number of nitro benzene ring substituents is 1. The first-order valence-corrected chi connectivity index (χ1v) is 6.87. The molecule has 0 saturated heterocycles. The lowest BCUT2D eigenvalue weighted by Crippen LogP contribution is -2.20. The fraction of sp³-hybridized carbons (Fsp3) is 0.0714. The molecule has 0 bridgehead atoms. The van der Waals surface area contributed by atoms with Crippen molar-refractivity contribution in [3.8, 4) is 5.75 Å². The molecule has 6 nitrogen and oxygen atoms in total. The minimum Gasteiger partial charge on any atom is -0.484 e.